The maximum Gasteiger partial charge on any atom is 0.308 e. The topological polar surface area (TPSA) is 66.8 Å². The van der Waals surface area contributed by atoms with Crippen LogP contribution in [0.4, 0.5) is 0 Å². The number of carbonyl (C=O) groups excluding carboxylic acids is 1. The molecule has 2 rings (SSSR count). The minimum Gasteiger partial charge on any atom is -0.481 e. The van der Waals surface area contributed by atoms with Gasteiger partial charge in [0, 0.05) is 13.6 Å². The molecule has 2 unspecified atom stereocenters. The summed E-state index contributed by atoms with van der Waals surface area (Å²) in [7, 11) is 1.64. The SMILES string of the molecule is CC(CN(C)C(=O)CC1OCCc2ccccc21)C(=O)O. The van der Waals surface area contributed by atoms with Crippen molar-refractivity contribution < 1.29 is 19.4 Å². The van der Waals surface area contributed by atoms with Crippen LogP contribution in [0, 0.1) is 5.92 Å². The number of carboxylic acids is 1. The van der Waals surface area contributed by atoms with Crippen LogP contribution in [-0.2, 0) is 20.7 Å². The molecule has 1 N–H and O–H groups in total. The summed E-state index contributed by atoms with van der Waals surface area (Å²) in [5, 5.41) is 8.90. The summed E-state index contributed by atoms with van der Waals surface area (Å²) in [6.07, 6.45) is 0.886. The van der Waals surface area contributed by atoms with E-state index in [1.807, 2.05) is 18.2 Å². The van der Waals surface area contributed by atoms with Crippen molar-refractivity contribution in [3.05, 3.63) is 35.4 Å². The molecule has 0 fully saturated rings. The fourth-order valence-electron chi connectivity index (χ4n) is 2.55. The quantitative estimate of drug-likeness (QED) is 0.899. The minimum absolute atomic E-state index is 0.0928. The molecule has 0 saturated heterocycles. The van der Waals surface area contributed by atoms with Crippen molar-refractivity contribution in [1.82, 2.24) is 4.90 Å². The maximum absolute atomic E-state index is 12.2. The zero-order valence-corrected chi connectivity index (χ0v) is 12.4. The third kappa shape index (κ3) is 3.82. The second-order valence-corrected chi connectivity index (χ2v) is 5.53. The smallest absolute Gasteiger partial charge is 0.308 e. The van der Waals surface area contributed by atoms with Crippen molar-refractivity contribution in [2.45, 2.75) is 25.9 Å². The number of rotatable bonds is 5. The highest BCUT2D eigenvalue weighted by molar-refractivity contribution is 5.78. The van der Waals surface area contributed by atoms with Gasteiger partial charge in [-0.05, 0) is 17.5 Å². The van der Waals surface area contributed by atoms with E-state index in [1.165, 1.54) is 10.5 Å². The third-order valence-electron chi connectivity index (χ3n) is 3.85. The Hall–Kier alpha value is -1.88. The van der Waals surface area contributed by atoms with Crippen LogP contribution in [0.15, 0.2) is 24.3 Å². The van der Waals surface area contributed by atoms with E-state index in [2.05, 4.69) is 6.07 Å². The molecule has 5 nitrogen and oxygen atoms in total. The maximum atomic E-state index is 12.2. The van der Waals surface area contributed by atoms with Gasteiger partial charge in [0.1, 0.15) is 0 Å². The molecule has 2 atom stereocenters. The van der Waals surface area contributed by atoms with E-state index < -0.39 is 11.9 Å². The van der Waals surface area contributed by atoms with Crippen LogP contribution in [0.25, 0.3) is 0 Å². The van der Waals surface area contributed by atoms with Gasteiger partial charge in [0.25, 0.3) is 0 Å². The molecule has 114 valence electrons. The number of benzene rings is 1. The molecule has 1 heterocycles. The van der Waals surface area contributed by atoms with Gasteiger partial charge in [-0.2, -0.15) is 0 Å². The molecule has 1 amide bonds. The number of aliphatic carboxylic acids is 1. The number of hydrogen-bond acceptors (Lipinski definition) is 3. The molecular weight excluding hydrogens is 270 g/mol. The molecular formula is C16H21NO4. The average molecular weight is 291 g/mol. The Morgan fingerprint density at radius 2 is 2.14 bits per heavy atom. The number of nitrogens with zero attached hydrogens (tertiary/aromatic N) is 1. The van der Waals surface area contributed by atoms with Gasteiger partial charge in [-0.25, -0.2) is 0 Å². The molecule has 0 bridgehead atoms. The van der Waals surface area contributed by atoms with Crippen molar-refractivity contribution in [2.24, 2.45) is 5.92 Å². The number of hydrogen-bond donors (Lipinski definition) is 1. The Labute approximate surface area is 124 Å². The molecule has 1 aromatic carbocycles. The zero-order chi connectivity index (χ0) is 15.4. The van der Waals surface area contributed by atoms with Gasteiger partial charge in [-0.3, -0.25) is 9.59 Å². The van der Waals surface area contributed by atoms with Crippen LogP contribution in [0.5, 0.6) is 0 Å². The molecule has 1 aromatic rings. The molecule has 21 heavy (non-hydrogen) atoms. The van der Waals surface area contributed by atoms with E-state index in [0.29, 0.717) is 6.61 Å². The molecule has 0 saturated carbocycles. The Balaban J connectivity index is 1.99. The van der Waals surface area contributed by atoms with Crippen LogP contribution in [0.1, 0.15) is 30.6 Å². The molecule has 1 aliphatic rings. The van der Waals surface area contributed by atoms with Crippen LogP contribution < -0.4 is 0 Å². The van der Waals surface area contributed by atoms with Gasteiger partial charge in [0.05, 0.1) is 25.0 Å². The number of amides is 1. The first kappa shape index (κ1) is 15.5. The highest BCUT2D eigenvalue weighted by Gasteiger charge is 2.25. The largest absolute Gasteiger partial charge is 0.481 e. The lowest BCUT2D eigenvalue weighted by Crippen LogP contribution is -2.35. The fourth-order valence-corrected chi connectivity index (χ4v) is 2.55. The monoisotopic (exact) mass is 291 g/mol. The zero-order valence-electron chi connectivity index (χ0n) is 12.4. The first-order valence-corrected chi connectivity index (χ1v) is 7.15. The highest BCUT2D eigenvalue weighted by atomic mass is 16.5. The molecule has 0 radical (unpaired) electrons. The first-order chi connectivity index (χ1) is 9.99. The lowest BCUT2D eigenvalue weighted by Gasteiger charge is -2.28. The Morgan fingerprint density at radius 3 is 2.86 bits per heavy atom. The predicted octanol–water partition coefficient (Wildman–Crippen LogP) is 1.87. The summed E-state index contributed by atoms with van der Waals surface area (Å²) in [6, 6.07) is 7.99. The summed E-state index contributed by atoms with van der Waals surface area (Å²) in [5.74, 6) is -1.56. The summed E-state index contributed by atoms with van der Waals surface area (Å²) >= 11 is 0. The number of ether oxygens (including phenoxy) is 1. The van der Waals surface area contributed by atoms with Crippen molar-refractivity contribution >= 4 is 11.9 Å². The van der Waals surface area contributed by atoms with E-state index in [0.717, 1.165) is 12.0 Å². The summed E-state index contributed by atoms with van der Waals surface area (Å²) in [5.41, 5.74) is 2.29. The molecule has 0 spiro atoms. The van der Waals surface area contributed by atoms with Gasteiger partial charge >= 0.3 is 5.97 Å². The summed E-state index contributed by atoms with van der Waals surface area (Å²) in [6.45, 7) is 2.42. The molecule has 0 aromatic heterocycles. The predicted molar refractivity (Wildman–Crippen MR) is 77.9 cm³/mol. The van der Waals surface area contributed by atoms with Crippen molar-refractivity contribution in [3.8, 4) is 0 Å². The Bertz CT molecular complexity index is 529. The van der Waals surface area contributed by atoms with Gasteiger partial charge in [-0.15, -0.1) is 0 Å². The lowest BCUT2D eigenvalue weighted by molar-refractivity contribution is -0.143. The molecule has 0 aliphatic carbocycles. The Morgan fingerprint density at radius 1 is 1.43 bits per heavy atom. The minimum atomic E-state index is -0.895. The van der Waals surface area contributed by atoms with E-state index in [1.54, 1.807) is 14.0 Å². The van der Waals surface area contributed by atoms with Gasteiger partial charge < -0.3 is 14.7 Å². The molecule has 5 heteroatoms. The second kappa shape index (κ2) is 6.72. The van der Waals surface area contributed by atoms with Crippen molar-refractivity contribution in [1.29, 1.82) is 0 Å². The van der Waals surface area contributed by atoms with Crippen molar-refractivity contribution in [3.63, 3.8) is 0 Å². The normalized spacial score (nSPS) is 18.7. The number of carboxylic acid groups (broad SMARTS) is 1. The first-order valence-electron chi connectivity index (χ1n) is 7.15. The van der Waals surface area contributed by atoms with Crippen LogP contribution in [-0.4, -0.2) is 42.1 Å². The Kier molecular flexibility index (Phi) is 4.96. The van der Waals surface area contributed by atoms with Gasteiger partial charge in [0.2, 0.25) is 5.91 Å². The lowest BCUT2D eigenvalue weighted by atomic mass is 9.95. The van der Waals surface area contributed by atoms with Gasteiger partial charge in [0.15, 0.2) is 0 Å². The molecule has 1 aliphatic heterocycles. The number of carbonyl (C=O) groups is 2. The van der Waals surface area contributed by atoms with Crippen LogP contribution >= 0.6 is 0 Å². The van der Waals surface area contributed by atoms with Crippen molar-refractivity contribution in [2.75, 3.05) is 20.2 Å². The van der Waals surface area contributed by atoms with Crippen LogP contribution in [0.3, 0.4) is 0 Å². The number of fused-ring (bicyclic) bond motifs is 1. The van der Waals surface area contributed by atoms with E-state index >= 15 is 0 Å². The average Bonchev–Trinajstić information content (AvgIpc) is 2.47. The third-order valence-corrected chi connectivity index (χ3v) is 3.85. The van der Waals surface area contributed by atoms with E-state index in [4.69, 9.17) is 9.84 Å². The van der Waals surface area contributed by atoms with Gasteiger partial charge in [-0.1, -0.05) is 31.2 Å². The van der Waals surface area contributed by atoms with E-state index in [9.17, 15) is 9.59 Å². The summed E-state index contributed by atoms with van der Waals surface area (Å²) < 4.78 is 5.71. The fraction of sp³-hybridized carbons (Fsp3) is 0.500. The van der Waals surface area contributed by atoms with Crippen LogP contribution in [0.2, 0.25) is 0 Å². The standard InChI is InChI=1S/C16H21NO4/c1-11(16(19)20)10-17(2)15(18)9-14-13-6-4-3-5-12(13)7-8-21-14/h3-6,11,14H,7-10H2,1-2H3,(H,19,20). The van der Waals surface area contributed by atoms with E-state index in [-0.39, 0.29) is 25.0 Å². The highest BCUT2D eigenvalue weighted by Crippen LogP contribution is 2.29. The summed E-state index contributed by atoms with van der Waals surface area (Å²) in [4.78, 5) is 24.6. The second-order valence-electron chi connectivity index (χ2n) is 5.53.